The molecule has 1 aliphatic carbocycles. The fourth-order valence-corrected chi connectivity index (χ4v) is 6.39. The number of aromatic nitrogens is 1. The Morgan fingerprint density at radius 1 is 1.26 bits per heavy atom. The van der Waals surface area contributed by atoms with Crippen LogP contribution in [0.5, 0.6) is 0 Å². The fourth-order valence-electron chi connectivity index (χ4n) is 5.66. The molecule has 5 rings (SSSR count). The third kappa shape index (κ3) is 5.44. The Morgan fingerprint density at radius 3 is 2.74 bits per heavy atom. The molecule has 3 fully saturated rings. The molecule has 5 N–H and O–H groups in total. The maximum atomic E-state index is 13.1. The summed E-state index contributed by atoms with van der Waals surface area (Å²) < 4.78 is 31.6. The number of halogens is 1. The van der Waals surface area contributed by atoms with E-state index in [1.807, 2.05) is 13.8 Å². The number of fused-ring (bicyclic) bond motifs is 2. The summed E-state index contributed by atoms with van der Waals surface area (Å²) in [6.45, 7) is 3.88. The van der Waals surface area contributed by atoms with E-state index >= 15 is 0 Å². The van der Waals surface area contributed by atoms with Gasteiger partial charge in [-0.3, -0.25) is 4.79 Å². The van der Waals surface area contributed by atoms with Crippen molar-refractivity contribution in [3.63, 3.8) is 0 Å². The summed E-state index contributed by atoms with van der Waals surface area (Å²) in [6, 6.07) is 4.68. The zero-order chi connectivity index (χ0) is 27.0. The highest BCUT2D eigenvalue weighted by atomic mass is 32.1. The molecular weight excluding hydrogens is 515 g/mol. The maximum absolute atomic E-state index is 13.1. The van der Waals surface area contributed by atoms with Gasteiger partial charge in [-0.1, -0.05) is 13.3 Å². The van der Waals surface area contributed by atoms with Crippen LogP contribution in [0.1, 0.15) is 38.8 Å². The van der Waals surface area contributed by atoms with Gasteiger partial charge < -0.3 is 40.4 Å². The molecule has 0 bridgehead atoms. The SMILES string of the molecule is CC[C@H]1CC2OC3O[C@H](C)C[C@@H](NC(=O)Cc4csc(Nc5ccc(F)cc5)n4)[C@]3(O)OC2[C@@H](NC)[C@H]1O. The average Bonchev–Trinajstić information content (AvgIpc) is 3.31. The summed E-state index contributed by atoms with van der Waals surface area (Å²) in [6.07, 6.45) is -1.32. The number of benzene rings is 1. The maximum Gasteiger partial charge on any atom is 0.239 e. The highest BCUT2D eigenvalue weighted by Crippen LogP contribution is 2.43. The second kappa shape index (κ2) is 11.1. The van der Waals surface area contributed by atoms with Gasteiger partial charge in [0.05, 0.1) is 42.5 Å². The Morgan fingerprint density at radius 2 is 2.03 bits per heavy atom. The van der Waals surface area contributed by atoms with Crippen LogP contribution < -0.4 is 16.0 Å². The molecule has 3 heterocycles. The van der Waals surface area contributed by atoms with Gasteiger partial charge in [-0.2, -0.15) is 0 Å². The topological polar surface area (TPSA) is 134 Å². The van der Waals surface area contributed by atoms with Crippen LogP contribution in [0.25, 0.3) is 0 Å². The number of nitrogens with one attached hydrogen (secondary N) is 3. The molecule has 3 aliphatic rings. The van der Waals surface area contributed by atoms with Crippen LogP contribution in [0.15, 0.2) is 29.6 Å². The molecule has 1 amide bonds. The summed E-state index contributed by atoms with van der Waals surface area (Å²) in [4.78, 5) is 17.5. The molecule has 1 aromatic carbocycles. The molecule has 2 saturated heterocycles. The number of thiazole rings is 1. The van der Waals surface area contributed by atoms with Crippen molar-refractivity contribution in [2.24, 2.45) is 5.92 Å². The van der Waals surface area contributed by atoms with Crippen molar-refractivity contribution < 1.29 is 33.6 Å². The Balaban J connectivity index is 1.26. The first-order valence-electron chi connectivity index (χ1n) is 13.0. The number of hydrogen-bond acceptors (Lipinski definition) is 10. The molecule has 38 heavy (non-hydrogen) atoms. The second-order valence-corrected chi connectivity index (χ2v) is 11.2. The van der Waals surface area contributed by atoms with Crippen LogP contribution in [-0.4, -0.2) is 76.7 Å². The lowest BCUT2D eigenvalue weighted by Gasteiger charge is -2.57. The van der Waals surface area contributed by atoms with E-state index in [9.17, 15) is 19.4 Å². The molecule has 9 atom stereocenters. The van der Waals surface area contributed by atoms with E-state index in [0.29, 0.717) is 29.4 Å². The lowest BCUT2D eigenvalue weighted by molar-refractivity contribution is -0.443. The third-order valence-electron chi connectivity index (χ3n) is 7.67. The molecule has 1 saturated carbocycles. The van der Waals surface area contributed by atoms with Gasteiger partial charge in [-0.15, -0.1) is 11.3 Å². The molecule has 10 nitrogen and oxygen atoms in total. The predicted octanol–water partition coefficient (Wildman–Crippen LogP) is 2.04. The predicted molar refractivity (Wildman–Crippen MR) is 138 cm³/mol. The minimum Gasteiger partial charge on any atom is -0.391 e. The van der Waals surface area contributed by atoms with Crippen molar-refractivity contribution >= 4 is 28.1 Å². The van der Waals surface area contributed by atoms with E-state index in [4.69, 9.17) is 14.2 Å². The van der Waals surface area contributed by atoms with Crippen molar-refractivity contribution in [3.05, 3.63) is 41.2 Å². The van der Waals surface area contributed by atoms with Crippen LogP contribution in [0.4, 0.5) is 15.2 Å². The zero-order valence-electron chi connectivity index (χ0n) is 21.6. The summed E-state index contributed by atoms with van der Waals surface area (Å²) in [7, 11) is 1.74. The number of aliphatic hydroxyl groups excluding tert-OH is 1. The number of hydrogen-bond donors (Lipinski definition) is 5. The standard InChI is InChI=1S/C26H35FN4O6S/c1-4-14-10-18-23(21(28-3)22(14)33)37-26(34)19(9-13(2)35-24(26)36-18)31-20(32)11-17-12-38-25(30-17)29-16-7-5-15(27)6-8-16/h5-8,12-14,18-19,21-24,28,33-34H,4,9-11H2,1-3H3,(H,29,30)(H,31,32)/t13-,14+,18?,19-,21+,22+,23?,24?,26+/m1/s1. The molecule has 0 radical (unpaired) electrons. The van der Waals surface area contributed by atoms with E-state index in [1.165, 1.54) is 23.5 Å². The highest BCUT2D eigenvalue weighted by Gasteiger charge is 2.61. The van der Waals surface area contributed by atoms with Crippen molar-refractivity contribution in [3.8, 4) is 0 Å². The number of anilines is 2. The summed E-state index contributed by atoms with van der Waals surface area (Å²) >= 11 is 1.33. The molecule has 3 unspecified atom stereocenters. The van der Waals surface area contributed by atoms with Gasteiger partial charge in [-0.05, 0) is 57.0 Å². The van der Waals surface area contributed by atoms with Crippen LogP contribution >= 0.6 is 11.3 Å². The van der Waals surface area contributed by atoms with Crippen molar-refractivity contribution in [1.29, 1.82) is 0 Å². The number of aliphatic hydroxyl groups is 2. The average molecular weight is 551 g/mol. The van der Waals surface area contributed by atoms with Gasteiger partial charge in [0.15, 0.2) is 5.13 Å². The first kappa shape index (κ1) is 27.4. The number of rotatable bonds is 7. The number of carbonyl (C=O) groups is 1. The van der Waals surface area contributed by atoms with Gasteiger partial charge in [-0.25, -0.2) is 9.37 Å². The third-order valence-corrected chi connectivity index (χ3v) is 8.48. The molecule has 2 aromatic rings. The Bertz CT molecular complexity index is 1120. The molecule has 1 aromatic heterocycles. The van der Waals surface area contributed by atoms with E-state index in [1.54, 1.807) is 24.6 Å². The number of carbonyl (C=O) groups excluding carboxylic acids is 1. The zero-order valence-corrected chi connectivity index (χ0v) is 22.4. The molecule has 12 heteroatoms. The lowest BCUT2D eigenvalue weighted by atomic mass is 9.77. The minimum atomic E-state index is -1.92. The largest absolute Gasteiger partial charge is 0.391 e. The fraction of sp³-hybridized carbons (Fsp3) is 0.615. The molecular formula is C26H35FN4O6S. The van der Waals surface area contributed by atoms with Crippen LogP contribution in [-0.2, 0) is 25.4 Å². The highest BCUT2D eigenvalue weighted by molar-refractivity contribution is 7.13. The van der Waals surface area contributed by atoms with E-state index in [0.717, 1.165) is 6.42 Å². The smallest absolute Gasteiger partial charge is 0.239 e. The van der Waals surface area contributed by atoms with Crippen molar-refractivity contribution in [2.45, 2.75) is 88.1 Å². The Hall–Kier alpha value is -2.19. The molecule has 208 valence electrons. The van der Waals surface area contributed by atoms with Crippen LogP contribution in [0, 0.1) is 11.7 Å². The molecule has 0 spiro atoms. The second-order valence-electron chi connectivity index (χ2n) is 10.3. The summed E-state index contributed by atoms with van der Waals surface area (Å²) in [5.41, 5.74) is 1.24. The number of likely N-dealkylation sites (N-methyl/N-ethyl adjacent to an activating group) is 1. The van der Waals surface area contributed by atoms with Crippen molar-refractivity contribution in [1.82, 2.24) is 15.6 Å². The monoisotopic (exact) mass is 550 g/mol. The summed E-state index contributed by atoms with van der Waals surface area (Å²) in [5.74, 6) is -2.55. The van der Waals surface area contributed by atoms with Gasteiger partial charge in [0.2, 0.25) is 18.0 Å². The Labute approximate surface area is 224 Å². The summed E-state index contributed by atoms with van der Waals surface area (Å²) in [5, 5.41) is 34.0. The first-order chi connectivity index (χ1) is 18.2. The first-order valence-corrected chi connectivity index (χ1v) is 13.9. The number of nitrogens with zero attached hydrogens (tertiary/aromatic N) is 1. The van der Waals surface area contributed by atoms with E-state index in [-0.39, 0.29) is 36.3 Å². The van der Waals surface area contributed by atoms with E-state index in [2.05, 4.69) is 20.9 Å². The van der Waals surface area contributed by atoms with Gasteiger partial charge in [0, 0.05) is 11.1 Å². The van der Waals surface area contributed by atoms with Crippen molar-refractivity contribution in [2.75, 3.05) is 12.4 Å². The lowest BCUT2D eigenvalue weighted by Crippen LogP contribution is -2.75. The molecule has 2 aliphatic heterocycles. The van der Waals surface area contributed by atoms with Gasteiger partial charge in [0.1, 0.15) is 11.9 Å². The Kier molecular flexibility index (Phi) is 8.01. The quantitative estimate of drug-likeness (QED) is 0.351. The number of amides is 1. The van der Waals surface area contributed by atoms with Gasteiger partial charge in [0.25, 0.3) is 0 Å². The van der Waals surface area contributed by atoms with Gasteiger partial charge >= 0.3 is 0 Å². The minimum absolute atomic E-state index is 0.00295. The van der Waals surface area contributed by atoms with Crippen LogP contribution in [0.2, 0.25) is 0 Å². The van der Waals surface area contributed by atoms with E-state index < -0.39 is 36.4 Å². The normalized spacial score (nSPS) is 36.7. The van der Waals surface area contributed by atoms with Crippen LogP contribution in [0.3, 0.4) is 0 Å². The number of ether oxygens (including phenoxy) is 3.